The van der Waals surface area contributed by atoms with Gasteiger partial charge in [0, 0.05) is 18.1 Å². The molecule has 0 saturated carbocycles. The first kappa shape index (κ1) is 15.0. The number of halogens is 3. The summed E-state index contributed by atoms with van der Waals surface area (Å²) in [6, 6.07) is 11.8. The third-order valence-corrected chi connectivity index (χ3v) is 3.98. The molecule has 1 amide bonds. The third-order valence-electron chi connectivity index (χ3n) is 2.89. The van der Waals surface area contributed by atoms with Crippen LogP contribution in [0.3, 0.4) is 0 Å². The van der Waals surface area contributed by atoms with Crippen LogP contribution in [0.15, 0.2) is 46.9 Å². The van der Waals surface area contributed by atoms with Crippen LogP contribution >= 0.6 is 27.5 Å². The largest absolute Gasteiger partial charge is 0.337 e. The van der Waals surface area contributed by atoms with E-state index in [-0.39, 0.29) is 10.6 Å². The lowest BCUT2D eigenvalue weighted by atomic mass is 10.1. The van der Waals surface area contributed by atoms with Crippen molar-refractivity contribution in [3.63, 3.8) is 0 Å². The van der Waals surface area contributed by atoms with Crippen molar-refractivity contribution in [3.8, 4) is 0 Å². The van der Waals surface area contributed by atoms with E-state index in [1.54, 1.807) is 7.05 Å². The number of rotatable bonds is 3. The molecule has 104 valence electrons. The second-order valence-electron chi connectivity index (χ2n) is 4.35. The van der Waals surface area contributed by atoms with Gasteiger partial charge in [0.25, 0.3) is 5.91 Å². The summed E-state index contributed by atoms with van der Waals surface area (Å²) >= 11 is 9.33. The Morgan fingerprint density at radius 1 is 1.25 bits per heavy atom. The van der Waals surface area contributed by atoms with E-state index in [0.29, 0.717) is 6.54 Å². The van der Waals surface area contributed by atoms with E-state index in [0.717, 1.165) is 10.0 Å². The van der Waals surface area contributed by atoms with Gasteiger partial charge in [-0.2, -0.15) is 0 Å². The highest BCUT2D eigenvalue weighted by Crippen LogP contribution is 2.22. The van der Waals surface area contributed by atoms with E-state index < -0.39 is 11.7 Å². The van der Waals surface area contributed by atoms with Crippen LogP contribution in [0.2, 0.25) is 5.02 Å². The minimum Gasteiger partial charge on any atom is -0.337 e. The van der Waals surface area contributed by atoms with Gasteiger partial charge in [-0.1, -0.05) is 51.8 Å². The van der Waals surface area contributed by atoms with Crippen LogP contribution in [0.5, 0.6) is 0 Å². The van der Waals surface area contributed by atoms with Crippen molar-refractivity contribution in [1.29, 1.82) is 0 Å². The highest BCUT2D eigenvalue weighted by atomic mass is 79.9. The maximum Gasteiger partial charge on any atom is 0.258 e. The summed E-state index contributed by atoms with van der Waals surface area (Å²) in [5.74, 6) is -1.05. The molecule has 2 aromatic rings. The number of nitrogens with zero attached hydrogens (tertiary/aromatic N) is 1. The Labute approximate surface area is 130 Å². The van der Waals surface area contributed by atoms with Crippen LogP contribution in [0, 0.1) is 5.82 Å². The van der Waals surface area contributed by atoms with E-state index >= 15 is 0 Å². The second kappa shape index (κ2) is 6.37. The van der Waals surface area contributed by atoms with Gasteiger partial charge in [0.05, 0.1) is 10.6 Å². The molecule has 0 saturated heterocycles. The summed E-state index contributed by atoms with van der Waals surface area (Å²) in [6.45, 7) is 0.366. The van der Waals surface area contributed by atoms with E-state index in [1.165, 1.54) is 23.1 Å². The first-order valence-electron chi connectivity index (χ1n) is 5.93. The lowest BCUT2D eigenvalue weighted by molar-refractivity contribution is 0.0780. The summed E-state index contributed by atoms with van der Waals surface area (Å²) in [5, 5.41) is 0.119. The Kier molecular flexibility index (Phi) is 4.78. The molecule has 0 N–H and O–H groups in total. The van der Waals surface area contributed by atoms with E-state index in [1.807, 2.05) is 24.3 Å². The molecule has 2 nitrogen and oxygen atoms in total. The van der Waals surface area contributed by atoms with E-state index in [4.69, 9.17) is 11.6 Å². The predicted molar refractivity (Wildman–Crippen MR) is 81.3 cm³/mol. The van der Waals surface area contributed by atoms with Crippen LogP contribution in [-0.4, -0.2) is 17.9 Å². The van der Waals surface area contributed by atoms with Crippen LogP contribution in [-0.2, 0) is 6.54 Å². The van der Waals surface area contributed by atoms with Crippen LogP contribution < -0.4 is 0 Å². The first-order chi connectivity index (χ1) is 9.50. The summed E-state index contributed by atoms with van der Waals surface area (Å²) in [5.41, 5.74) is 0.847. The highest BCUT2D eigenvalue weighted by molar-refractivity contribution is 9.10. The molecule has 0 fully saturated rings. The maximum atomic E-state index is 13.7. The Bertz CT molecular complexity index is 627. The molecule has 0 spiro atoms. The van der Waals surface area contributed by atoms with Crippen LogP contribution in [0.25, 0.3) is 0 Å². The van der Waals surface area contributed by atoms with Gasteiger partial charge in [-0.3, -0.25) is 4.79 Å². The summed E-state index contributed by atoms with van der Waals surface area (Å²) in [4.78, 5) is 13.7. The Morgan fingerprint density at radius 3 is 2.60 bits per heavy atom. The van der Waals surface area contributed by atoms with Crippen LogP contribution in [0.1, 0.15) is 15.9 Å². The van der Waals surface area contributed by atoms with Gasteiger partial charge < -0.3 is 4.90 Å². The summed E-state index contributed by atoms with van der Waals surface area (Å²) in [7, 11) is 1.62. The monoisotopic (exact) mass is 355 g/mol. The van der Waals surface area contributed by atoms with Gasteiger partial charge in [0.1, 0.15) is 5.82 Å². The smallest absolute Gasteiger partial charge is 0.258 e. The summed E-state index contributed by atoms with van der Waals surface area (Å²) in [6.07, 6.45) is 0. The molecule has 2 rings (SSSR count). The molecule has 5 heteroatoms. The van der Waals surface area contributed by atoms with Gasteiger partial charge in [-0.25, -0.2) is 4.39 Å². The molecule has 0 aromatic heterocycles. The normalized spacial score (nSPS) is 10.4. The highest BCUT2D eigenvalue weighted by Gasteiger charge is 2.20. The van der Waals surface area contributed by atoms with Gasteiger partial charge >= 0.3 is 0 Å². The Balaban J connectivity index is 2.24. The van der Waals surface area contributed by atoms with Crippen molar-refractivity contribution in [2.45, 2.75) is 6.54 Å². The van der Waals surface area contributed by atoms with Crippen molar-refractivity contribution in [1.82, 2.24) is 4.90 Å². The van der Waals surface area contributed by atoms with Gasteiger partial charge in [-0.15, -0.1) is 0 Å². The third kappa shape index (κ3) is 3.19. The standard InChI is InChI=1S/C15H12BrClFNO/c1-19(9-10-5-2-3-6-11(10)16)15(20)14-12(17)7-4-8-13(14)18/h2-8H,9H2,1H3. The molecule has 0 aliphatic carbocycles. The zero-order valence-electron chi connectivity index (χ0n) is 10.7. The van der Waals surface area contributed by atoms with Crippen molar-refractivity contribution >= 4 is 33.4 Å². The van der Waals surface area contributed by atoms with E-state index in [2.05, 4.69) is 15.9 Å². The van der Waals surface area contributed by atoms with Crippen molar-refractivity contribution < 1.29 is 9.18 Å². The number of amides is 1. The molecular weight excluding hydrogens is 345 g/mol. The molecule has 0 aliphatic heterocycles. The zero-order chi connectivity index (χ0) is 14.7. The molecule has 0 atom stereocenters. The SMILES string of the molecule is CN(Cc1ccccc1Br)C(=O)c1c(F)cccc1Cl. The van der Waals surface area contributed by atoms with E-state index in [9.17, 15) is 9.18 Å². The average molecular weight is 357 g/mol. The zero-order valence-corrected chi connectivity index (χ0v) is 13.1. The first-order valence-corrected chi connectivity index (χ1v) is 7.10. The lowest BCUT2D eigenvalue weighted by Crippen LogP contribution is -2.27. The maximum absolute atomic E-state index is 13.7. The Hall–Kier alpha value is -1.39. The number of carbonyl (C=O) groups is 1. The van der Waals surface area contributed by atoms with Gasteiger partial charge in [0.2, 0.25) is 0 Å². The number of hydrogen-bond donors (Lipinski definition) is 0. The minimum atomic E-state index is -0.610. The molecular formula is C15H12BrClFNO. The summed E-state index contributed by atoms with van der Waals surface area (Å²) < 4.78 is 14.6. The fourth-order valence-electron chi connectivity index (χ4n) is 1.85. The molecule has 0 bridgehead atoms. The fourth-order valence-corrected chi connectivity index (χ4v) is 2.50. The molecule has 0 radical (unpaired) electrons. The van der Waals surface area contributed by atoms with Crippen molar-refractivity contribution in [2.24, 2.45) is 0 Å². The van der Waals surface area contributed by atoms with Gasteiger partial charge in [0.15, 0.2) is 0 Å². The predicted octanol–water partition coefficient (Wildman–Crippen LogP) is 4.51. The average Bonchev–Trinajstić information content (AvgIpc) is 2.41. The molecule has 0 aliphatic rings. The molecule has 0 heterocycles. The number of carbonyl (C=O) groups excluding carboxylic acids is 1. The van der Waals surface area contributed by atoms with Gasteiger partial charge in [-0.05, 0) is 23.8 Å². The van der Waals surface area contributed by atoms with Crippen molar-refractivity contribution in [2.75, 3.05) is 7.05 Å². The van der Waals surface area contributed by atoms with Crippen LogP contribution in [0.4, 0.5) is 4.39 Å². The molecule has 2 aromatic carbocycles. The quantitative estimate of drug-likeness (QED) is 0.792. The van der Waals surface area contributed by atoms with Crippen molar-refractivity contribution in [3.05, 3.63) is 68.9 Å². The minimum absolute atomic E-state index is 0.0938. The lowest BCUT2D eigenvalue weighted by Gasteiger charge is -2.19. The molecule has 20 heavy (non-hydrogen) atoms. The molecule has 0 unspecified atom stereocenters. The fraction of sp³-hybridized carbons (Fsp3) is 0.133. The second-order valence-corrected chi connectivity index (χ2v) is 5.61. The Morgan fingerprint density at radius 2 is 1.95 bits per heavy atom. The number of benzene rings is 2. The number of hydrogen-bond acceptors (Lipinski definition) is 1. The topological polar surface area (TPSA) is 20.3 Å².